The minimum absolute atomic E-state index is 0.00408. The van der Waals surface area contributed by atoms with E-state index >= 15 is 0 Å². The average Bonchev–Trinajstić information content (AvgIpc) is 2.81. The zero-order valence-corrected chi connectivity index (χ0v) is 9.89. The normalized spacial score (nSPS) is 40.5. The van der Waals surface area contributed by atoms with Crippen LogP contribution in [0.4, 0.5) is 0 Å². The quantitative estimate of drug-likeness (QED) is 0.660. The Morgan fingerprint density at radius 3 is 2.41 bits per heavy atom. The summed E-state index contributed by atoms with van der Waals surface area (Å²) in [5.41, 5.74) is 5.99. The molecule has 3 saturated heterocycles. The van der Waals surface area contributed by atoms with Crippen molar-refractivity contribution in [3.05, 3.63) is 0 Å². The summed E-state index contributed by atoms with van der Waals surface area (Å²) in [5.74, 6) is 0.125. The third-order valence-corrected chi connectivity index (χ3v) is 4.32. The SMILES string of the molecule is NC1CC2CCC(C1)N2C(=O)[C@@H]1CCC(=O)N1. The van der Waals surface area contributed by atoms with Gasteiger partial charge in [0.05, 0.1) is 0 Å². The van der Waals surface area contributed by atoms with Crippen molar-refractivity contribution >= 4 is 11.8 Å². The van der Waals surface area contributed by atoms with E-state index < -0.39 is 0 Å². The van der Waals surface area contributed by atoms with Crippen molar-refractivity contribution in [1.29, 1.82) is 0 Å². The molecular weight excluding hydrogens is 218 g/mol. The predicted molar refractivity (Wildman–Crippen MR) is 62.0 cm³/mol. The summed E-state index contributed by atoms with van der Waals surface area (Å²) in [7, 11) is 0. The highest BCUT2D eigenvalue weighted by Gasteiger charge is 2.44. The van der Waals surface area contributed by atoms with Gasteiger partial charge in [-0.3, -0.25) is 9.59 Å². The van der Waals surface area contributed by atoms with Gasteiger partial charge in [-0.15, -0.1) is 0 Å². The number of piperidine rings is 1. The summed E-state index contributed by atoms with van der Waals surface area (Å²) in [4.78, 5) is 25.6. The van der Waals surface area contributed by atoms with Crippen LogP contribution in [0.1, 0.15) is 38.5 Å². The molecule has 3 N–H and O–H groups in total. The molecule has 5 heteroatoms. The third kappa shape index (κ3) is 1.82. The number of carbonyl (C=O) groups excluding carboxylic acids is 2. The fourth-order valence-corrected chi connectivity index (χ4v) is 3.56. The van der Waals surface area contributed by atoms with E-state index in [9.17, 15) is 9.59 Å². The van der Waals surface area contributed by atoms with Gasteiger partial charge in [0.15, 0.2) is 0 Å². The van der Waals surface area contributed by atoms with Crippen molar-refractivity contribution in [2.24, 2.45) is 5.73 Å². The van der Waals surface area contributed by atoms with E-state index in [0.29, 0.717) is 24.9 Å². The molecule has 3 rings (SSSR count). The maximum Gasteiger partial charge on any atom is 0.245 e. The second-order valence-electron chi connectivity index (χ2n) is 5.52. The number of fused-ring (bicyclic) bond motifs is 2. The van der Waals surface area contributed by atoms with Gasteiger partial charge in [0.1, 0.15) is 6.04 Å². The van der Waals surface area contributed by atoms with Crippen LogP contribution in [0.25, 0.3) is 0 Å². The second-order valence-corrected chi connectivity index (χ2v) is 5.52. The lowest BCUT2D eigenvalue weighted by Gasteiger charge is -2.39. The molecule has 17 heavy (non-hydrogen) atoms. The lowest BCUT2D eigenvalue weighted by Crippen LogP contribution is -2.54. The minimum Gasteiger partial charge on any atom is -0.344 e. The molecule has 0 aromatic carbocycles. The van der Waals surface area contributed by atoms with Crippen LogP contribution in [0.5, 0.6) is 0 Å². The van der Waals surface area contributed by atoms with Crippen LogP contribution in [0.2, 0.25) is 0 Å². The highest BCUT2D eigenvalue weighted by molar-refractivity contribution is 5.91. The van der Waals surface area contributed by atoms with E-state index in [0.717, 1.165) is 25.7 Å². The van der Waals surface area contributed by atoms with Crippen LogP contribution in [0.3, 0.4) is 0 Å². The Labute approximate surface area is 101 Å². The molecule has 2 unspecified atom stereocenters. The monoisotopic (exact) mass is 237 g/mol. The van der Waals surface area contributed by atoms with E-state index in [1.807, 2.05) is 4.90 Å². The molecule has 0 aromatic heterocycles. The van der Waals surface area contributed by atoms with Crippen LogP contribution in [-0.2, 0) is 9.59 Å². The van der Waals surface area contributed by atoms with Gasteiger partial charge in [0.2, 0.25) is 11.8 Å². The fourth-order valence-electron chi connectivity index (χ4n) is 3.56. The number of rotatable bonds is 1. The maximum atomic E-state index is 12.4. The number of carbonyl (C=O) groups is 2. The molecule has 3 aliphatic heterocycles. The molecular formula is C12H19N3O2. The van der Waals surface area contributed by atoms with E-state index in [2.05, 4.69) is 5.32 Å². The highest BCUT2D eigenvalue weighted by Crippen LogP contribution is 2.36. The molecule has 3 heterocycles. The average molecular weight is 237 g/mol. The smallest absolute Gasteiger partial charge is 0.245 e. The lowest BCUT2D eigenvalue weighted by molar-refractivity contribution is -0.138. The molecule has 3 fully saturated rings. The third-order valence-electron chi connectivity index (χ3n) is 4.32. The molecule has 94 valence electrons. The number of nitrogens with one attached hydrogen (secondary N) is 1. The summed E-state index contributed by atoms with van der Waals surface area (Å²) in [6, 6.07) is 0.595. The first-order valence-corrected chi connectivity index (χ1v) is 6.52. The predicted octanol–water partition coefficient (Wildman–Crippen LogP) is -0.254. The van der Waals surface area contributed by atoms with Crippen molar-refractivity contribution in [3.8, 4) is 0 Å². The Bertz CT molecular complexity index is 344. The van der Waals surface area contributed by atoms with Gasteiger partial charge in [0, 0.05) is 24.5 Å². The van der Waals surface area contributed by atoms with Crippen molar-refractivity contribution in [2.75, 3.05) is 0 Å². The van der Waals surface area contributed by atoms with Gasteiger partial charge in [-0.1, -0.05) is 0 Å². The molecule has 5 nitrogen and oxygen atoms in total. The number of nitrogens with two attached hydrogens (primary N) is 1. The second kappa shape index (κ2) is 3.98. The molecule has 2 amide bonds. The molecule has 0 radical (unpaired) electrons. The van der Waals surface area contributed by atoms with Gasteiger partial charge in [0.25, 0.3) is 0 Å². The van der Waals surface area contributed by atoms with E-state index in [-0.39, 0.29) is 23.9 Å². The molecule has 0 aromatic rings. The van der Waals surface area contributed by atoms with Gasteiger partial charge in [-0.05, 0) is 32.1 Å². The largest absolute Gasteiger partial charge is 0.344 e. The van der Waals surface area contributed by atoms with Gasteiger partial charge < -0.3 is 16.0 Å². The number of amides is 2. The summed E-state index contributed by atoms with van der Waals surface area (Å²) in [6.45, 7) is 0. The first-order chi connectivity index (χ1) is 8.15. The van der Waals surface area contributed by atoms with Crippen LogP contribution in [-0.4, -0.2) is 40.9 Å². The van der Waals surface area contributed by atoms with Crippen LogP contribution < -0.4 is 11.1 Å². The molecule has 3 atom stereocenters. The summed E-state index contributed by atoms with van der Waals surface area (Å²) >= 11 is 0. The Morgan fingerprint density at radius 1 is 1.24 bits per heavy atom. The fraction of sp³-hybridized carbons (Fsp3) is 0.833. The first kappa shape index (κ1) is 11.0. The van der Waals surface area contributed by atoms with Gasteiger partial charge >= 0.3 is 0 Å². The number of nitrogens with zero attached hydrogens (tertiary/aromatic N) is 1. The van der Waals surface area contributed by atoms with Crippen LogP contribution in [0.15, 0.2) is 0 Å². The summed E-state index contributed by atoms with van der Waals surface area (Å²) in [6.07, 6.45) is 5.13. The first-order valence-electron chi connectivity index (χ1n) is 6.52. The van der Waals surface area contributed by atoms with E-state index in [4.69, 9.17) is 5.73 Å². The summed E-state index contributed by atoms with van der Waals surface area (Å²) < 4.78 is 0. The molecule has 0 aliphatic carbocycles. The van der Waals surface area contributed by atoms with E-state index in [1.54, 1.807) is 0 Å². The highest BCUT2D eigenvalue weighted by atomic mass is 16.2. The standard InChI is InChI=1S/C12H19N3O2/c13-7-5-8-1-2-9(6-7)15(8)12(17)10-3-4-11(16)14-10/h7-10H,1-6,13H2,(H,14,16)/t7?,8?,9?,10-/m0/s1. The summed E-state index contributed by atoms with van der Waals surface area (Å²) in [5, 5.41) is 2.77. The van der Waals surface area contributed by atoms with Crippen molar-refractivity contribution in [2.45, 2.75) is 62.7 Å². The van der Waals surface area contributed by atoms with Crippen molar-refractivity contribution < 1.29 is 9.59 Å². The zero-order chi connectivity index (χ0) is 12.0. The Hall–Kier alpha value is -1.10. The van der Waals surface area contributed by atoms with Crippen LogP contribution >= 0.6 is 0 Å². The topological polar surface area (TPSA) is 75.4 Å². The lowest BCUT2D eigenvalue weighted by atomic mass is 9.97. The maximum absolute atomic E-state index is 12.4. The molecule has 0 saturated carbocycles. The molecule has 2 bridgehead atoms. The van der Waals surface area contributed by atoms with Crippen molar-refractivity contribution in [1.82, 2.24) is 10.2 Å². The Kier molecular flexibility index (Phi) is 2.58. The number of hydrogen-bond acceptors (Lipinski definition) is 3. The minimum atomic E-state index is -0.278. The van der Waals surface area contributed by atoms with E-state index in [1.165, 1.54) is 0 Å². The zero-order valence-electron chi connectivity index (χ0n) is 9.89. The Balaban J connectivity index is 1.72. The number of hydrogen-bond donors (Lipinski definition) is 2. The Morgan fingerprint density at radius 2 is 1.88 bits per heavy atom. The van der Waals surface area contributed by atoms with Gasteiger partial charge in [-0.2, -0.15) is 0 Å². The van der Waals surface area contributed by atoms with Crippen LogP contribution in [0, 0.1) is 0 Å². The van der Waals surface area contributed by atoms with Crippen molar-refractivity contribution in [3.63, 3.8) is 0 Å². The molecule has 3 aliphatic rings. The molecule has 0 spiro atoms. The van der Waals surface area contributed by atoms with Gasteiger partial charge in [-0.25, -0.2) is 0 Å².